The number of benzene rings is 1. The van der Waals surface area contributed by atoms with Gasteiger partial charge in [-0.3, -0.25) is 4.90 Å². The molecule has 0 saturated carbocycles. The number of hydrogen-bond donors (Lipinski definition) is 1. The van der Waals surface area contributed by atoms with Crippen LogP contribution in [0.15, 0.2) is 18.2 Å². The molecule has 0 spiro atoms. The molecule has 1 atom stereocenters. The second-order valence-corrected chi connectivity index (χ2v) is 6.36. The van der Waals surface area contributed by atoms with Gasteiger partial charge in [-0.1, -0.05) is 12.1 Å². The van der Waals surface area contributed by atoms with Crippen molar-refractivity contribution in [3.05, 3.63) is 34.9 Å². The Hall–Kier alpha value is -1.39. The van der Waals surface area contributed by atoms with Crippen molar-refractivity contribution in [3.63, 3.8) is 0 Å². The molecule has 114 valence electrons. The average Bonchev–Trinajstić information content (AvgIpc) is 2.70. The summed E-state index contributed by atoms with van der Waals surface area (Å²) in [6.45, 7) is 4.27. The van der Waals surface area contributed by atoms with Gasteiger partial charge in [-0.25, -0.2) is 4.79 Å². The predicted molar refractivity (Wildman–Crippen MR) is 82.7 cm³/mol. The lowest BCUT2D eigenvalue weighted by Crippen LogP contribution is -2.40. The SMILES string of the molecule is CN1CCCC(N2CCc3c(cccc3C(=O)O)C2)CC1. The Bertz CT molecular complexity index is 530. The highest BCUT2D eigenvalue weighted by atomic mass is 16.4. The fourth-order valence-electron chi connectivity index (χ4n) is 3.73. The standard InChI is InChI=1S/C17H24N2O2/c1-18-9-3-5-14(7-10-18)19-11-8-15-13(12-19)4-2-6-16(15)17(20)21/h2,4,6,14H,3,5,7-12H2,1H3,(H,20,21). The van der Waals surface area contributed by atoms with Crippen LogP contribution in [0.4, 0.5) is 0 Å². The Morgan fingerprint density at radius 1 is 1.24 bits per heavy atom. The number of carboxylic acid groups (broad SMARTS) is 1. The van der Waals surface area contributed by atoms with E-state index in [2.05, 4.69) is 22.9 Å². The van der Waals surface area contributed by atoms with Crippen molar-refractivity contribution in [1.82, 2.24) is 9.80 Å². The van der Waals surface area contributed by atoms with Crippen molar-refractivity contribution < 1.29 is 9.90 Å². The van der Waals surface area contributed by atoms with E-state index in [1.54, 1.807) is 6.07 Å². The molecule has 0 radical (unpaired) electrons. The van der Waals surface area contributed by atoms with E-state index in [4.69, 9.17) is 0 Å². The molecule has 2 aliphatic heterocycles. The first kappa shape index (κ1) is 14.5. The molecule has 1 unspecified atom stereocenters. The zero-order valence-corrected chi connectivity index (χ0v) is 12.7. The number of carbonyl (C=O) groups is 1. The summed E-state index contributed by atoms with van der Waals surface area (Å²) >= 11 is 0. The average molecular weight is 288 g/mol. The third kappa shape index (κ3) is 3.11. The Labute approximate surface area is 126 Å². The normalized spacial score (nSPS) is 24.3. The van der Waals surface area contributed by atoms with Gasteiger partial charge in [-0.2, -0.15) is 0 Å². The van der Waals surface area contributed by atoms with Gasteiger partial charge in [-0.15, -0.1) is 0 Å². The number of likely N-dealkylation sites (tertiary alicyclic amines) is 1. The third-order valence-electron chi connectivity index (χ3n) is 4.96. The molecule has 21 heavy (non-hydrogen) atoms. The second kappa shape index (κ2) is 6.16. The second-order valence-electron chi connectivity index (χ2n) is 6.36. The monoisotopic (exact) mass is 288 g/mol. The van der Waals surface area contributed by atoms with Gasteiger partial charge in [-0.05, 0) is 63.0 Å². The zero-order chi connectivity index (χ0) is 14.8. The first-order valence-corrected chi connectivity index (χ1v) is 7.92. The maximum absolute atomic E-state index is 11.3. The van der Waals surface area contributed by atoms with Gasteiger partial charge in [0.2, 0.25) is 0 Å². The van der Waals surface area contributed by atoms with E-state index in [0.717, 1.165) is 25.1 Å². The van der Waals surface area contributed by atoms with E-state index in [1.807, 2.05) is 6.07 Å². The van der Waals surface area contributed by atoms with Crippen LogP contribution in [0, 0.1) is 0 Å². The van der Waals surface area contributed by atoms with Crippen LogP contribution in [0.1, 0.15) is 40.7 Å². The largest absolute Gasteiger partial charge is 0.478 e. The molecule has 1 saturated heterocycles. The lowest BCUT2D eigenvalue weighted by Gasteiger charge is -2.35. The number of nitrogens with zero attached hydrogens (tertiary/aromatic N) is 2. The molecular weight excluding hydrogens is 264 g/mol. The molecule has 1 N–H and O–H groups in total. The Kier molecular flexibility index (Phi) is 4.27. The van der Waals surface area contributed by atoms with E-state index in [-0.39, 0.29) is 0 Å². The minimum atomic E-state index is -0.795. The highest BCUT2D eigenvalue weighted by molar-refractivity contribution is 5.89. The number of rotatable bonds is 2. The highest BCUT2D eigenvalue weighted by Gasteiger charge is 2.27. The van der Waals surface area contributed by atoms with Gasteiger partial charge >= 0.3 is 5.97 Å². The van der Waals surface area contributed by atoms with E-state index in [1.165, 1.54) is 37.9 Å². The Morgan fingerprint density at radius 3 is 2.90 bits per heavy atom. The maximum Gasteiger partial charge on any atom is 0.335 e. The molecule has 0 bridgehead atoms. The number of hydrogen-bond acceptors (Lipinski definition) is 3. The van der Waals surface area contributed by atoms with Gasteiger partial charge in [0, 0.05) is 19.1 Å². The van der Waals surface area contributed by atoms with Crippen LogP contribution in [-0.4, -0.2) is 53.6 Å². The number of fused-ring (bicyclic) bond motifs is 1. The Balaban J connectivity index is 1.75. The summed E-state index contributed by atoms with van der Waals surface area (Å²) in [5.74, 6) is -0.795. The van der Waals surface area contributed by atoms with E-state index in [9.17, 15) is 9.90 Å². The van der Waals surface area contributed by atoms with Gasteiger partial charge in [0.05, 0.1) is 5.56 Å². The van der Waals surface area contributed by atoms with E-state index in [0.29, 0.717) is 11.6 Å². The third-order valence-corrected chi connectivity index (χ3v) is 4.96. The van der Waals surface area contributed by atoms with Crippen LogP contribution < -0.4 is 0 Å². The number of aromatic carboxylic acids is 1. The van der Waals surface area contributed by atoms with Crippen LogP contribution in [0.25, 0.3) is 0 Å². The van der Waals surface area contributed by atoms with Gasteiger partial charge in [0.15, 0.2) is 0 Å². The first-order valence-electron chi connectivity index (χ1n) is 7.92. The number of carboxylic acids is 1. The van der Waals surface area contributed by atoms with Crippen LogP contribution in [0.3, 0.4) is 0 Å². The van der Waals surface area contributed by atoms with Crippen LogP contribution in [-0.2, 0) is 13.0 Å². The van der Waals surface area contributed by atoms with E-state index < -0.39 is 5.97 Å². The quantitative estimate of drug-likeness (QED) is 0.906. The molecule has 2 heterocycles. The molecular formula is C17H24N2O2. The molecule has 2 aliphatic rings. The van der Waals surface area contributed by atoms with Crippen LogP contribution in [0.2, 0.25) is 0 Å². The van der Waals surface area contributed by atoms with Crippen molar-refractivity contribution in [1.29, 1.82) is 0 Å². The molecule has 4 nitrogen and oxygen atoms in total. The molecule has 0 aliphatic carbocycles. The molecule has 4 heteroatoms. The van der Waals surface area contributed by atoms with Crippen molar-refractivity contribution in [2.75, 3.05) is 26.7 Å². The maximum atomic E-state index is 11.3. The highest BCUT2D eigenvalue weighted by Crippen LogP contribution is 2.27. The van der Waals surface area contributed by atoms with Crippen LogP contribution in [0.5, 0.6) is 0 Å². The molecule has 1 aromatic carbocycles. The minimum absolute atomic E-state index is 0.493. The van der Waals surface area contributed by atoms with Gasteiger partial charge < -0.3 is 10.0 Å². The summed E-state index contributed by atoms with van der Waals surface area (Å²) < 4.78 is 0. The topological polar surface area (TPSA) is 43.8 Å². The van der Waals surface area contributed by atoms with Crippen molar-refractivity contribution >= 4 is 5.97 Å². The fraction of sp³-hybridized carbons (Fsp3) is 0.588. The van der Waals surface area contributed by atoms with Gasteiger partial charge in [0.25, 0.3) is 0 Å². The predicted octanol–water partition coefficient (Wildman–Crippen LogP) is 2.23. The van der Waals surface area contributed by atoms with Crippen LogP contribution >= 0.6 is 0 Å². The lowest BCUT2D eigenvalue weighted by molar-refractivity contribution is 0.0694. The molecule has 3 rings (SSSR count). The van der Waals surface area contributed by atoms with Gasteiger partial charge in [0.1, 0.15) is 0 Å². The van der Waals surface area contributed by atoms with Crippen molar-refractivity contribution in [2.45, 2.75) is 38.3 Å². The summed E-state index contributed by atoms with van der Waals surface area (Å²) in [5, 5.41) is 9.30. The summed E-state index contributed by atoms with van der Waals surface area (Å²) in [6, 6.07) is 6.36. The molecule has 1 aromatic rings. The smallest absolute Gasteiger partial charge is 0.335 e. The van der Waals surface area contributed by atoms with E-state index >= 15 is 0 Å². The summed E-state index contributed by atoms with van der Waals surface area (Å²) in [4.78, 5) is 16.3. The molecule has 0 aromatic heterocycles. The molecule has 0 amide bonds. The minimum Gasteiger partial charge on any atom is -0.478 e. The first-order chi connectivity index (χ1) is 10.1. The molecule has 1 fully saturated rings. The van der Waals surface area contributed by atoms with Crippen molar-refractivity contribution in [2.24, 2.45) is 0 Å². The lowest BCUT2D eigenvalue weighted by atomic mass is 9.92. The summed E-state index contributed by atoms with van der Waals surface area (Å²) in [6.07, 6.45) is 4.62. The zero-order valence-electron chi connectivity index (χ0n) is 12.7. The van der Waals surface area contributed by atoms with Crippen molar-refractivity contribution in [3.8, 4) is 0 Å². The Morgan fingerprint density at radius 2 is 2.10 bits per heavy atom. The summed E-state index contributed by atoms with van der Waals surface area (Å²) in [7, 11) is 2.20. The fourth-order valence-corrected chi connectivity index (χ4v) is 3.73. The summed E-state index contributed by atoms with van der Waals surface area (Å²) in [5.41, 5.74) is 2.75.